The molecule has 1 fully saturated rings. The average molecular weight is 739 g/mol. The first-order chi connectivity index (χ1) is 24.3. The number of carbonyl (C=O) groups excluding carboxylic acids is 4. The van der Waals surface area contributed by atoms with Gasteiger partial charge in [0.2, 0.25) is 23.6 Å². The number of hydrogen-bond acceptors (Lipinski definition) is 9. The van der Waals surface area contributed by atoms with Crippen LogP contribution in [-0.4, -0.2) is 140 Å². The zero-order valence-electron chi connectivity index (χ0n) is 33.7. The van der Waals surface area contributed by atoms with Gasteiger partial charge in [0.25, 0.3) is 0 Å². The van der Waals surface area contributed by atoms with Gasteiger partial charge < -0.3 is 35.0 Å². The van der Waals surface area contributed by atoms with E-state index in [2.05, 4.69) is 20.7 Å². The third kappa shape index (κ3) is 12.0. The van der Waals surface area contributed by atoms with Gasteiger partial charge in [-0.25, -0.2) is 4.79 Å². The van der Waals surface area contributed by atoms with Gasteiger partial charge in [-0.05, 0) is 50.2 Å². The Bertz CT molecular complexity index is 1240. The molecule has 1 aliphatic rings. The fourth-order valence-electron chi connectivity index (χ4n) is 7.40. The zero-order valence-corrected chi connectivity index (χ0v) is 33.7. The Kier molecular flexibility index (Phi) is 19.6. The van der Waals surface area contributed by atoms with Crippen LogP contribution in [0.2, 0.25) is 0 Å². The van der Waals surface area contributed by atoms with Gasteiger partial charge in [0.1, 0.15) is 12.1 Å². The molecular weight excluding hydrogens is 672 g/mol. The summed E-state index contributed by atoms with van der Waals surface area (Å²) in [7, 11) is 8.13. The number of amides is 4. The summed E-state index contributed by atoms with van der Waals surface area (Å²) in [6, 6.07) is -4.72. The van der Waals surface area contributed by atoms with E-state index in [1.54, 1.807) is 51.7 Å². The van der Waals surface area contributed by atoms with Crippen molar-refractivity contribution in [1.82, 2.24) is 25.3 Å². The summed E-state index contributed by atoms with van der Waals surface area (Å²) in [6.45, 7) is 15.0. The van der Waals surface area contributed by atoms with Crippen LogP contribution >= 0.6 is 0 Å². The Morgan fingerprint density at radius 1 is 0.923 bits per heavy atom. The van der Waals surface area contributed by atoms with Crippen molar-refractivity contribution < 1.29 is 38.6 Å². The van der Waals surface area contributed by atoms with E-state index in [1.807, 2.05) is 34.6 Å². The van der Waals surface area contributed by atoms with Gasteiger partial charge in [-0.2, -0.15) is 0 Å². The van der Waals surface area contributed by atoms with Crippen molar-refractivity contribution in [2.75, 3.05) is 41.9 Å². The normalized spacial score (nSPS) is 20.4. The van der Waals surface area contributed by atoms with Crippen LogP contribution in [0.25, 0.3) is 10.4 Å². The minimum absolute atomic E-state index is 0.0640. The molecule has 0 aromatic rings. The number of nitrogens with zero attached hydrogens (tertiary/aromatic N) is 6. The molecule has 0 spiro atoms. The molecular formula is C36H66N8O8. The lowest BCUT2D eigenvalue weighted by molar-refractivity contribution is -0.148. The second-order valence-corrected chi connectivity index (χ2v) is 14.9. The minimum atomic E-state index is -1.17. The van der Waals surface area contributed by atoms with Crippen LogP contribution in [0.4, 0.5) is 0 Å². The van der Waals surface area contributed by atoms with Gasteiger partial charge in [-0.1, -0.05) is 73.3 Å². The first-order valence-electron chi connectivity index (χ1n) is 18.5. The minimum Gasteiger partial charge on any atom is -0.480 e. The van der Waals surface area contributed by atoms with Gasteiger partial charge in [-0.15, -0.1) is 0 Å². The lowest BCUT2D eigenvalue weighted by Crippen LogP contribution is -2.60. The zero-order chi connectivity index (χ0) is 40.0. The first-order valence-corrected chi connectivity index (χ1v) is 18.5. The van der Waals surface area contributed by atoms with Gasteiger partial charge in [-0.3, -0.25) is 24.1 Å². The molecule has 0 bridgehead atoms. The van der Waals surface area contributed by atoms with Crippen LogP contribution in [0.1, 0.15) is 87.5 Å². The third-order valence-electron chi connectivity index (χ3n) is 10.8. The predicted octanol–water partition coefficient (Wildman–Crippen LogP) is 3.29. The van der Waals surface area contributed by atoms with Crippen molar-refractivity contribution in [3.05, 3.63) is 10.4 Å². The number of azide groups is 1. The average Bonchev–Trinajstić information content (AvgIpc) is 3.57. The maximum Gasteiger partial charge on any atom is 0.326 e. The summed E-state index contributed by atoms with van der Waals surface area (Å²) in [5.74, 6) is -3.91. The quantitative estimate of drug-likeness (QED) is 0.0845. The molecule has 52 heavy (non-hydrogen) atoms. The highest BCUT2D eigenvalue weighted by molar-refractivity contribution is 5.91. The molecule has 0 saturated carbocycles. The van der Waals surface area contributed by atoms with E-state index in [-0.39, 0.29) is 36.0 Å². The number of ether oxygens (including phenoxy) is 2. The monoisotopic (exact) mass is 739 g/mol. The van der Waals surface area contributed by atoms with E-state index in [9.17, 15) is 34.6 Å². The standard InChI is InChI=1S/C36H66N8O8/c1-14-21(5)28(36(49)50)38-33(46)23(7)32(52-13)25-17-16-18-44(25)27(45)19-26(51-12)31(22(6)15-2)43(11)35(48)29(24(8)40-41-37)39-34(47)30(20(3)4)42(9)10/h20-26,28-32H,14-19H2,1-13H3,(H,38,46)(H,39,47)(H,49,50)/t21?,22?,23?,24?,25-,26?,28?,29?,30?,31?,32?/m0/s1. The molecule has 0 aromatic carbocycles. The Morgan fingerprint density at radius 3 is 1.96 bits per heavy atom. The van der Waals surface area contributed by atoms with Gasteiger partial charge in [0, 0.05) is 32.7 Å². The van der Waals surface area contributed by atoms with Gasteiger partial charge in [0.15, 0.2) is 0 Å². The number of likely N-dealkylation sites (tertiary alicyclic amines) is 1. The smallest absolute Gasteiger partial charge is 0.326 e. The molecule has 0 aliphatic carbocycles. The Hall–Kier alpha value is -3.46. The fraction of sp³-hybridized carbons (Fsp3) is 0.861. The van der Waals surface area contributed by atoms with Gasteiger partial charge >= 0.3 is 5.97 Å². The highest BCUT2D eigenvalue weighted by Crippen LogP contribution is 2.30. The summed E-state index contributed by atoms with van der Waals surface area (Å²) in [6.07, 6.45) is 0.963. The van der Waals surface area contributed by atoms with Crippen molar-refractivity contribution >= 4 is 29.6 Å². The van der Waals surface area contributed by atoms with Crippen LogP contribution in [0.5, 0.6) is 0 Å². The van der Waals surface area contributed by atoms with Crippen LogP contribution in [0.3, 0.4) is 0 Å². The van der Waals surface area contributed by atoms with E-state index >= 15 is 0 Å². The summed E-state index contributed by atoms with van der Waals surface area (Å²) in [4.78, 5) is 74.9. The number of rotatable bonds is 22. The SMILES string of the molecule is CCC(C)C(NC(=O)C(C)C(OC)[C@@H]1CCCN1C(=O)CC(OC)C(C(C)CC)N(C)C(=O)C(NC(=O)C(C(C)C)N(C)C)C(C)N=[N+]=[N-])C(=O)O. The maximum atomic E-state index is 14.3. The summed E-state index contributed by atoms with van der Waals surface area (Å²) in [5.41, 5.74) is 9.22. The molecule has 1 heterocycles. The number of carboxylic acid groups (broad SMARTS) is 1. The maximum absolute atomic E-state index is 14.3. The Morgan fingerprint density at radius 2 is 1.50 bits per heavy atom. The molecule has 16 nitrogen and oxygen atoms in total. The molecule has 10 unspecified atom stereocenters. The number of hydrogen-bond donors (Lipinski definition) is 3. The fourth-order valence-corrected chi connectivity index (χ4v) is 7.40. The number of methoxy groups -OCH3 is 2. The number of aliphatic carboxylic acids is 1. The van der Waals surface area contributed by atoms with Crippen molar-refractivity contribution in [2.45, 2.75) is 136 Å². The first kappa shape index (κ1) is 46.6. The van der Waals surface area contributed by atoms with Gasteiger partial charge in [0.05, 0.1) is 48.7 Å². The molecule has 0 aromatic heterocycles. The van der Waals surface area contributed by atoms with Crippen LogP contribution in [-0.2, 0) is 33.4 Å². The van der Waals surface area contributed by atoms with E-state index in [4.69, 9.17) is 9.47 Å². The number of carbonyl (C=O) groups is 5. The van der Waals surface area contributed by atoms with Crippen molar-refractivity contribution in [2.24, 2.45) is 28.8 Å². The van der Waals surface area contributed by atoms with Crippen LogP contribution in [0.15, 0.2) is 5.11 Å². The molecule has 1 aliphatic heterocycles. The largest absolute Gasteiger partial charge is 0.480 e. The number of nitrogens with one attached hydrogen (secondary N) is 2. The van der Waals surface area contributed by atoms with Crippen molar-refractivity contribution in [1.29, 1.82) is 0 Å². The molecule has 1 saturated heterocycles. The molecule has 11 atom stereocenters. The summed E-state index contributed by atoms with van der Waals surface area (Å²) < 4.78 is 11.8. The van der Waals surface area contributed by atoms with Crippen molar-refractivity contribution in [3.8, 4) is 0 Å². The Balaban J connectivity index is 3.38. The highest BCUT2D eigenvalue weighted by atomic mass is 16.5. The van der Waals surface area contributed by atoms with E-state index in [0.717, 1.165) is 0 Å². The molecule has 4 amide bonds. The lowest BCUT2D eigenvalue weighted by atomic mass is 9.89. The van der Waals surface area contributed by atoms with E-state index in [0.29, 0.717) is 32.2 Å². The molecule has 298 valence electrons. The Labute approximate surface area is 310 Å². The second-order valence-electron chi connectivity index (χ2n) is 14.9. The summed E-state index contributed by atoms with van der Waals surface area (Å²) >= 11 is 0. The second kappa shape index (κ2) is 21.9. The molecule has 3 N–H and O–H groups in total. The predicted molar refractivity (Wildman–Crippen MR) is 198 cm³/mol. The van der Waals surface area contributed by atoms with E-state index in [1.165, 1.54) is 19.1 Å². The topological polar surface area (TPSA) is 207 Å². The summed E-state index contributed by atoms with van der Waals surface area (Å²) in [5, 5.41) is 19.0. The molecule has 1 rings (SSSR count). The van der Waals surface area contributed by atoms with Crippen molar-refractivity contribution in [3.63, 3.8) is 0 Å². The highest BCUT2D eigenvalue weighted by Gasteiger charge is 2.44. The third-order valence-corrected chi connectivity index (χ3v) is 10.8. The number of carboxylic acids is 1. The lowest BCUT2D eigenvalue weighted by Gasteiger charge is -2.41. The van der Waals surface area contributed by atoms with E-state index < -0.39 is 72.2 Å². The molecule has 16 heteroatoms. The van der Waals surface area contributed by atoms with Crippen LogP contribution < -0.4 is 10.6 Å². The number of likely N-dealkylation sites (N-methyl/N-ethyl adjacent to an activating group) is 2. The van der Waals surface area contributed by atoms with Crippen LogP contribution in [0, 0.1) is 23.7 Å². The molecule has 0 radical (unpaired) electrons.